The van der Waals surface area contributed by atoms with E-state index in [0.717, 1.165) is 30.6 Å². The van der Waals surface area contributed by atoms with Crippen LogP contribution in [0.25, 0.3) is 0 Å². The van der Waals surface area contributed by atoms with Gasteiger partial charge in [0.05, 0.1) is 12.7 Å². The minimum absolute atomic E-state index is 0.0788. The number of carbonyl (C=O) groups is 1. The quantitative estimate of drug-likeness (QED) is 0.875. The van der Waals surface area contributed by atoms with Crippen LogP contribution in [0.3, 0.4) is 0 Å². The van der Waals surface area contributed by atoms with Gasteiger partial charge in [0.1, 0.15) is 5.82 Å². The maximum absolute atomic E-state index is 12.3. The average Bonchev–Trinajstić information content (AvgIpc) is 2.96. The molecule has 1 aliphatic carbocycles. The lowest BCUT2D eigenvalue weighted by Crippen LogP contribution is -2.25. The molecule has 0 fully saturated rings. The first-order valence-corrected chi connectivity index (χ1v) is 7.34. The zero-order valence-corrected chi connectivity index (χ0v) is 11.9. The fraction of sp³-hybridized carbons (Fsp3) is 0.294. The maximum Gasteiger partial charge on any atom is 0.228 e. The number of aromatic nitrogens is 2. The van der Waals surface area contributed by atoms with Gasteiger partial charge in [-0.3, -0.25) is 4.79 Å². The summed E-state index contributed by atoms with van der Waals surface area (Å²) in [6.45, 7) is 0.661. The van der Waals surface area contributed by atoms with Gasteiger partial charge in [0.15, 0.2) is 0 Å². The standard InChI is InChI=1S/C17H19N3O/c21-17(15-9-5-2-6-10-15)19-16-11-12-18-20(16)13-14-7-3-1-4-8-14/h1-5,7-8,11-12,15H,6,9-10,13H2,(H,19,21). The predicted octanol–water partition coefficient (Wildman–Crippen LogP) is 3.23. The summed E-state index contributed by atoms with van der Waals surface area (Å²) in [5, 5.41) is 7.31. The molecule has 21 heavy (non-hydrogen) atoms. The van der Waals surface area contributed by atoms with E-state index in [9.17, 15) is 4.79 Å². The maximum atomic E-state index is 12.3. The highest BCUT2D eigenvalue weighted by molar-refractivity contribution is 5.91. The monoisotopic (exact) mass is 281 g/mol. The molecule has 1 atom stereocenters. The first kappa shape index (κ1) is 13.6. The summed E-state index contributed by atoms with van der Waals surface area (Å²) in [5.74, 6) is 0.933. The van der Waals surface area contributed by atoms with Crippen molar-refractivity contribution >= 4 is 11.7 Å². The summed E-state index contributed by atoms with van der Waals surface area (Å²) in [6, 6.07) is 12.0. The van der Waals surface area contributed by atoms with Crippen LogP contribution in [0.4, 0.5) is 5.82 Å². The van der Waals surface area contributed by atoms with Crippen molar-refractivity contribution in [1.29, 1.82) is 0 Å². The summed E-state index contributed by atoms with van der Waals surface area (Å²) >= 11 is 0. The van der Waals surface area contributed by atoms with Crippen LogP contribution in [0.1, 0.15) is 24.8 Å². The van der Waals surface area contributed by atoms with Gasteiger partial charge in [-0.15, -0.1) is 0 Å². The van der Waals surface area contributed by atoms with Gasteiger partial charge in [-0.05, 0) is 24.8 Å². The summed E-state index contributed by atoms with van der Waals surface area (Å²) in [4.78, 5) is 12.3. The molecule has 1 aliphatic rings. The Hall–Kier alpha value is -2.36. The molecule has 0 spiro atoms. The van der Waals surface area contributed by atoms with Crippen molar-refractivity contribution in [3.63, 3.8) is 0 Å². The minimum Gasteiger partial charge on any atom is -0.311 e. The van der Waals surface area contributed by atoms with E-state index in [4.69, 9.17) is 0 Å². The molecule has 4 heteroatoms. The number of nitrogens with zero attached hydrogens (tertiary/aromatic N) is 2. The van der Waals surface area contributed by atoms with Crippen molar-refractivity contribution in [2.24, 2.45) is 5.92 Å². The van der Waals surface area contributed by atoms with E-state index in [-0.39, 0.29) is 11.8 Å². The number of hydrogen-bond donors (Lipinski definition) is 1. The van der Waals surface area contributed by atoms with Crippen LogP contribution in [0.2, 0.25) is 0 Å². The molecule has 2 aromatic rings. The van der Waals surface area contributed by atoms with E-state index < -0.39 is 0 Å². The fourth-order valence-electron chi connectivity index (χ4n) is 2.58. The van der Waals surface area contributed by atoms with Gasteiger partial charge in [0.2, 0.25) is 5.91 Å². The van der Waals surface area contributed by atoms with Crippen molar-refractivity contribution in [2.45, 2.75) is 25.8 Å². The average molecular weight is 281 g/mol. The van der Waals surface area contributed by atoms with Crippen LogP contribution >= 0.6 is 0 Å². The number of anilines is 1. The highest BCUT2D eigenvalue weighted by Gasteiger charge is 2.19. The van der Waals surface area contributed by atoms with E-state index in [1.165, 1.54) is 0 Å². The number of amides is 1. The lowest BCUT2D eigenvalue weighted by Gasteiger charge is -2.17. The number of hydrogen-bond acceptors (Lipinski definition) is 2. The molecule has 0 bridgehead atoms. The van der Waals surface area contributed by atoms with Crippen LogP contribution in [0.15, 0.2) is 54.7 Å². The molecule has 1 heterocycles. The first-order valence-electron chi connectivity index (χ1n) is 7.34. The number of allylic oxidation sites excluding steroid dienone is 2. The molecule has 1 aromatic heterocycles. The van der Waals surface area contributed by atoms with Crippen molar-refractivity contribution in [2.75, 3.05) is 5.32 Å². The van der Waals surface area contributed by atoms with E-state index in [1.807, 2.05) is 28.9 Å². The Morgan fingerprint density at radius 1 is 1.24 bits per heavy atom. The molecule has 1 aromatic carbocycles. The van der Waals surface area contributed by atoms with E-state index >= 15 is 0 Å². The second-order valence-electron chi connectivity index (χ2n) is 5.33. The number of benzene rings is 1. The van der Waals surface area contributed by atoms with Gasteiger partial charge in [0.25, 0.3) is 0 Å². The van der Waals surface area contributed by atoms with Crippen molar-refractivity contribution in [3.8, 4) is 0 Å². The summed E-state index contributed by atoms with van der Waals surface area (Å²) in [6.07, 6.45) is 8.70. The van der Waals surface area contributed by atoms with Gasteiger partial charge < -0.3 is 5.32 Å². The van der Waals surface area contributed by atoms with Crippen LogP contribution < -0.4 is 5.32 Å². The molecule has 1 unspecified atom stereocenters. The zero-order chi connectivity index (χ0) is 14.5. The topological polar surface area (TPSA) is 46.9 Å². The fourth-order valence-corrected chi connectivity index (χ4v) is 2.58. The predicted molar refractivity (Wildman–Crippen MR) is 82.9 cm³/mol. The number of nitrogens with one attached hydrogen (secondary N) is 1. The Morgan fingerprint density at radius 2 is 2.10 bits per heavy atom. The van der Waals surface area contributed by atoms with E-state index in [1.54, 1.807) is 6.20 Å². The summed E-state index contributed by atoms with van der Waals surface area (Å²) in [5.41, 5.74) is 1.16. The molecule has 0 radical (unpaired) electrons. The molecule has 3 rings (SSSR count). The van der Waals surface area contributed by atoms with Gasteiger partial charge >= 0.3 is 0 Å². The lowest BCUT2D eigenvalue weighted by molar-refractivity contribution is -0.120. The second-order valence-corrected chi connectivity index (χ2v) is 5.33. The Morgan fingerprint density at radius 3 is 2.86 bits per heavy atom. The van der Waals surface area contributed by atoms with Crippen molar-refractivity contribution in [3.05, 3.63) is 60.3 Å². The van der Waals surface area contributed by atoms with Crippen LogP contribution in [-0.4, -0.2) is 15.7 Å². The normalized spacial score (nSPS) is 17.6. The largest absolute Gasteiger partial charge is 0.311 e. The molecule has 108 valence electrons. The third-order valence-electron chi connectivity index (χ3n) is 3.78. The lowest BCUT2D eigenvalue weighted by atomic mass is 9.94. The molecular weight excluding hydrogens is 262 g/mol. The summed E-state index contributed by atoms with van der Waals surface area (Å²) < 4.78 is 1.83. The van der Waals surface area contributed by atoms with Crippen molar-refractivity contribution < 1.29 is 4.79 Å². The van der Waals surface area contributed by atoms with Crippen LogP contribution in [0.5, 0.6) is 0 Å². The molecule has 1 amide bonds. The van der Waals surface area contributed by atoms with Crippen LogP contribution in [0, 0.1) is 5.92 Å². The minimum atomic E-state index is 0.0788. The van der Waals surface area contributed by atoms with E-state index in [2.05, 4.69) is 34.7 Å². The first-order chi connectivity index (χ1) is 10.3. The van der Waals surface area contributed by atoms with Crippen molar-refractivity contribution in [1.82, 2.24) is 9.78 Å². The molecule has 4 nitrogen and oxygen atoms in total. The van der Waals surface area contributed by atoms with Gasteiger partial charge in [-0.2, -0.15) is 5.10 Å². The zero-order valence-electron chi connectivity index (χ0n) is 11.9. The van der Waals surface area contributed by atoms with E-state index in [0.29, 0.717) is 6.54 Å². The SMILES string of the molecule is O=C(Nc1ccnn1Cc1ccccc1)C1CC=CCC1. The highest BCUT2D eigenvalue weighted by atomic mass is 16.2. The molecule has 0 saturated carbocycles. The molecule has 0 aliphatic heterocycles. The Bertz CT molecular complexity index is 630. The number of rotatable bonds is 4. The van der Waals surface area contributed by atoms with Gasteiger partial charge in [0, 0.05) is 12.0 Å². The third kappa shape index (κ3) is 3.40. The van der Waals surface area contributed by atoms with Gasteiger partial charge in [-0.1, -0.05) is 42.5 Å². The molecule has 0 saturated heterocycles. The molecular formula is C17H19N3O. The second kappa shape index (κ2) is 6.39. The van der Waals surface area contributed by atoms with Gasteiger partial charge in [-0.25, -0.2) is 4.68 Å². The smallest absolute Gasteiger partial charge is 0.228 e. The molecule has 1 N–H and O–H groups in total. The third-order valence-corrected chi connectivity index (χ3v) is 3.78. The highest BCUT2D eigenvalue weighted by Crippen LogP contribution is 2.20. The van der Waals surface area contributed by atoms with Crippen LogP contribution in [-0.2, 0) is 11.3 Å². The Kier molecular flexibility index (Phi) is 4.15. The number of carbonyl (C=O) groups excluding carboxylic acids is 1. The Labute approximate surface area is 124 Å². The Balaban J connectivity index is 1.68. The summed E-state index contributed by atoms with van der Waals surface area (Å²) in [7, 11) is 0.